The van der Waals surface area contributed by atoms with Crippen LogP contribution in [0, 0.1) is 18.8 Å². The lowest BCUT2D eigenvalue weighted by atomic mass is 10.0. The topological polar surface area (TPSA) is 94.4 Å². The van der Waals surface area contributed by atoms with Crippen LogP contribution in [0.4, 0.5) is 0 Å². The number of nitrogens with zero attached hydrogens (tertiary/aromatic N) is 4. The molecular weight excluding hydrogens is 468 g/mol. The normalized spacial score (nSPS) is 17.8. The van der Waals surface area contributed by atoms with Gasteiger partial charge in [-0.3, -0.25) is 14.2 Å². The van der Waals surface area contributed by atoms with Gasteiger partial charge in [-0.15, -0.1) is 0 Å². The molecule has 0 bridgehead atoms. The van der Waals surface area contributed by atoms with Crippen LogP contribution in [0.3, 0.4) is 0 Å². The highest BCUT2D eigenvalue weighted by atomic mass is 16.4. The summed E-state index contributed by atoms with van der Waals surface area (Å²) in [6.07, 6.45) is 4.56. The summed E-state index contributed by atoms with van der Waals surface area (Å²) >= 11 is 0. The molecule has 1 atom stereocenters. The number of carbonyl (C=O) groups excluding carboxylic acids is 1. The molecule has 7 rings (SSSR count). The summed E-state index contributed by atoms with van der Waals surface area (Å²) in [6.45, 7) is 3.62. The number of hydrogen-bond acceptors (Lipinski definition) is 6. The molecule has 2 aliphatic rings. The maximum Gasteiger partial charge on any atom is 0.283 e. The lowest BCUT2D eigenvalue weighted by molar-refractivity contribution is -0.131. The van der Waals surface area contributed by atoms with Crippen LogP contribution in [0.5, 0.6) is 0 Å². The van der Waals surface area contributed by atoms with E-state index in [2.05, 4.69) is 11.1 Å². The van der Waals surface area contributed by atoms with Gasteiger partial charge < -0.3 is 13.7 Å². The number of carbonyl (C=O) groups is 1. The highest BCUT2D eigenvalue weighted by molar-refractivity contribution is 5.84. The van der Waals surface area contributed by atoms with Crippen molar-refractivity contribution in [3.05, 3.63) is 71.0 Å². The van der Waals surface area contributed by atoms with Gasteiger partial charge in [0, 0.05) is 43.4 Å². The van der Waals surface area contributed by atoms with Crippen LogP contribution >= 0.6 is 0 Å². The minimum Gasteiger partial charge on any atom is -0.464 e. The van der Waals surface area contributed by atoms with Crippen LogP contribution in [0.15, 0.2) is 68.4 Å². The first kappa shape index (κ1) is 22.0. The second-order valence-corrected chi connectivity index (χ2v) is 10.2. The number of aromatic nitrogens is 3. The van der Waals surface area contributed by atoms with E-state index >= 15 is 0 Å². The summed E-state index contributed by atoms with van der Waals surface area (Å²) in [6, 6.07) is 16.1. The highest BCUT2D eigenvalue weighted by Gasteiger charge is 2.37. The monoisotopic (exact) mass is 494 g/mol. The molecule has 8 heteroatoms. The van der Waals surface area contributed by atoms with Gasteiger partial charge >= 0.3 is 0 Å². The Labute approximate surface area is 212 Å². The molecule has 0 N–H and O–H groups in total. The van der Waals surface area contributed by atoms with Crippen molar-refractivity contribution < 1.29 is 13.6 Å². The predicted octanol–water partition coefficient (Wildman–Crippen LogP) is 5.03. The van der Waals surface area contributed by atoms with Crippen LogP contribution in [0.2, 0.25) is 0 Å². The van der Waals surface area contributed by atoms with E-state index in [0.29, 0.717) is 24.8 Å². The maximum absolute atomic E-state index is 13.6. The molecule has 1 aliphatic carbocycles. The molecule has 2 fully saturated rings. The highest BCUT2D eigenvalue weighted by Crippen LogP contribution is 2.33. The summed E-state index contributed by atoms with van der Waals surface area (Å²) < 4.78 is 12.8. The molecule has 8 nitrogen and oxygen atoms in total. The summed E-state index contributed by atoms with van der Waals surface area (Å²) in [4.78, 5) is 37.1. The van der Waals surface area contributed by atoms with Gasteiger partial charge in [-0.05, 0) is 54.5 Å². The molecule has 2 aromatic carbocycles. The lowest BCUT2D eigenvalue weighted by Crippen LogP contribution is -2.32. The Bertz CT molecular complexity index is 1710. The summed E-state index contributed by atoms with van der Waals surface area (Å²) in [5.74, 6) is 1.63. The van der Waals surface area contributed by atoms with Crippen molar-refractivity contribution in [1.29, 1.82) is 0 Å². The van der Waals surface area contributed by atoms with Gasteiger partial charge in [-0.2, -0.15) is 4.98 Å². The predicted molar refractivity (Wildman–Crippen MR) is 139 cm³/mol. The average Bonchev–Trinajstić information content (AvgIpc) is 3.29. The van der Waals surface area contributed by atoms with Crippen LogP contribution in [-0.2, 0) is 11.3 Å². The van der Waals surface area contributed by atoms with E-state index in [0.717, 1.165) is 53.5 Å². The largest absolute Gasteiger partial charge is 0.464 e. The van der Waals surface area contributed by atoms with Gasteiger partial charge in [0.05, 0.1) is 6.26 Å². The first-order chi connectivity index (χ1) is 18.0. The van der Waals surface area contributed by atoms with Gasteiger partial charge in [0.15, 0.2) is 11.4 Å². The minimum absolute atomic E-state index is 0.187. The summed E-state index contributed by atoms with van der Waals surface area (Å²) in [5, 5.41) is 1.05. The van der Waals surface area contributed by atoms with E-state index in [1.54, 1.807) is 17.8 Å². The van der Waals surface area contributed by atoms with E-state index in [1.807, 2.05) is 47.4 Å². The number of rotatable bonds is 5. The number of hydrogen-bond donors (Lipinski definition) is 0. The summed E-state index contributed by atoms with van der Waals surface area (Å²) in [7, 11) is 0. The van der Waals surface area contributed by atoms with Crippen molar-refractivity contribution in [2.45, 2.75) is 32.7 Å². The Balaban J connectivity index is 1.24. The number of fused-ring (bicyclic) bond motifs is 2. The number of likely N-dealkylation sites (tertiary alicyclic amines) is 1. The Morgan fingerprint density at radius 2 is 1.78 bits per heavy atom. The molecule has 3 aromatic heterocycles. The van der Waals surface area contributed by atoms with Crippen LogP contribution in [-0.4, -0.2) is 38.4 Å². The quantitative estimate of drug-likeness (QED) is 0.340. The molecule has 0 spiro atoms. The SMILES string of the molecule is Cc1nc2c(=O)n(CC3CCN(C(=O)C4CC4)C3)c(-c3ccc(-c4ccc5occc5c4)cc3)nc2o1. The zero-order valence-corrected chi connectivity index (χ0v) is 20.5. The van der Waals surface area contributed by atoms with E-state index in [9.17, 15) is 9.59 Å². The second-order valence-electron chi connectivity index (χ2n) is 10.2. The molecule has 1 aliphatic heterocycles. The molecule has 4 heterocycles. The smallest absolute Gasteiger partial charge is 0.283 e. The zero-order chi connectivity index (χ0) is 25.1. The van der Waals surface area contributed by atoms with E-state index in [4.69, 9.17) is 13.8 Å². The molecule has 0 radical (unpaired) electrons. The molecule has 5 aromatic rings. The Morgan fingerprint density at radius 3 is 2.59 bits per heavy atom. The molecule has 1 amide bonds. The third-order valence-electron chi connectivity index (χ3n) is 7.52. The second kappa shape index (κ2) is 8.44. The molecule has 1 saturated carbocycles. The number of furan rings is 1. The van der Waals surface area contributed by atoms with Crippen LogP contribution < -0.4 is 5.56 Å². The van der Waals surface area contributed by atoms with E-state index < -0.39 is 0 Å². The molecular formula is C29H26N4O4. The van der Waals surface area contributed by atoms with Crippen molar-refractivity contribution in [3.8, 4) is 22.5 Å². The fourth-order valence-corrected chi connectivity index (χ4v) is 5.39. The molecule has 186 valence electrons. The fraction of sp³-hybridized carbons (Fsp3) is 0.310. The van der Waals surface area contributed by atoms with Gasteiger partial charge in [-0.25, -0.2) is 4.98 Å². The van der Waals surface area contributed by atoms with E-state index in [-0.39, 0.29) is 34.5 Å². The standard InChI is InChI=1S/C29H26N4O4/c1-17-30-25-27(37-17)31-26(33(29(25)35)16-18-10-12-32(15-18)28(34)21-6-7-21)20-4-2-19(3-5-20)22-8-9-24-23(14-22)11-13-36-24/h2-5,8-9,11,13-14,18,21H,6-7,10,12,15-16H2,1H3. The Hall–Kier alpha value is -4.20. The van der Waals surface area contributed by atoms with Gasteiger partial charge in [0.25, 0.3) is 11.3 Å². The Kier molecular flexibility index (Phi) is 5.02. The van der Waals surface area contributed by atoms with Crippen molar-refractivity contribution in [3.63, 3.8) is 0 Å². The number of oxazole rings is 1. The van der Waals surface area contributed by atoms with Gasteiger partial charge in [-0.1, -0.05) is 30.3 Å². The van der Waals surface area contributed by atoms with E-state index in [1.165, 1.54) is 0 Å². The lowest BCUT2D eigenvalue weighted by Gasteiger charge is -2.18. The third kappa shape index (κ3) is 3.93. The first-order valence-electron chi connectivity index (χ1n) is 12.8. The minimum atomic E-state index is -0.210. The third-order valence-corrected chi connectivity index (χ3v) is 7.52. The number of amides is 1. The molecule has 1 unspecified atom stereocenters. The van der Waals surface area contributed by atoms with Crippen molar-refractivity contribution >= 4 is 28.1 Å². The fourth-order valence-electron chi connectivity index (χ4n) is 5.39. The molecule has 1 saturated heterocycles. The van der Waals surface area contributed by atoms with Gasteiger partial charge in [0.2, 0.25) is 5.91 Å². The first-order valence-corrected chi connectivity index (χ1v) is 12.8. The molecule has 37 heavy (non-hydrogen) atoms. The van der Waals surface area contributed by atoms with Crippen molar-refractivity contribution in [2.24, 2.45) is 11.8 Å². The average molecular weight is 495 g/mol. The summed E-state index contributed by atoms with van der Waals surface area (Å²) in [5.41, 5.74) is 4.10. The Morgan fingerprint density at radius 1 is 1.00 bits per heavy atom. The number of benzene rings is 2. The van der Waals surface area contributed by atoms with Gasteiger partial charge in [0.1, 0.15) is 11.4 Å². The zero-order valence-electron chi connectivity index (χ0n) is 20.5. The maximum atomic E-state index is 13.6. The van der Waals surface area contributed by atoms with Crippen molar-refractivity contribution in [2.75, 3.05) is 13.1 Å². The van der Waals surface area contributed by atoms with Crippen LogP contribution in [0.25, 0.3) is 44.7 Å². The number of aryl methyl sites for hydroxylation is 1. The van der Waals surface area contributed by atoms with Crippen molar-refractivity contribution in [1.82, 2.24) is 19.4 Å². The van der Waals surface area contributed by atoms with Crippen LogP contribution in [0.1, 0.15) is 25.2 Å².